The Hall–Kier alpha value is -1.96. The predicted octanol–water partition coefficient (Wildman–Crippen LogP) is 4.31. The molecule has 0 saturated heterocycles. The van der Waals surface area contributed by atoms with E-state index < -0.39 is 0 Å². The number of hydrogen-bond donors (Lipinski definition) is 0. The molecule has 0 N–H and O–H groups in total. The van der Waals surface area contributed by atoms with Gasteiger partial charge in [0.1, 0.15) is 5.82 Å². The summed E-state index contributed by atoms with van der Waals surface area (Å²) >= 11 is 0. The molecule has 2 heteroatoms. The Kier molecular flexibility index (Phi) is 3.28. The Labute approximate surface area is 106 Å². The lowest BCUT2D eigenvalue weighted by atomic mass is 9.91. The number of aryl methyl sites for hydroxylation is 2. The average Bonchev–Trinajstić information content (AvgIpc) is 2.28. The van der Waals surface area contributed by atoms with Crippen LogP contribution < -0.4 is 0 Å². The molecule has 1 nitrogen and oxygen atoms in total. The Morgan fingerprint density at radius 3 is 2.17 bits per heavy atom. The van der Waals surface area contributed by atoms with Gasteiger partial charge in [0.25, 0.3) is 0 Å². The maximum Gasteiger partial charge on any atom is 0.160 e. The summed E-state index contributed by atoms with van der Waals surface area (Å²) in [5.41, 5.74) is 4.19. The highest BCUT2D eigenvalue weighted by Gasteiger charge is 2.13. The molecule has 0 aliphatic rings. The molecule has 0 amide bonds. The quantitative estimate of drug-likeness (QED) is 0.717. The summed E-state index contributed by atoms with van der Waals surface area (Å²) in [6.45, 7) is 5.28. The summed E-state index contributed by atoms with van der Waals surface area (Å²) in [7, 11) is 0. The van der Waals surface area contributed by atoms with Crippen molar-refractivity contribution in [2.45, 2.75) is 20.8 Å². The number of rotatable bonds is 2. The molecule has 0 saturated carbocycles. The van der Waals surface area contributed by atoms with E-state index in [1.807, 2.05) is 32.0 Å². The first-order chi connectivity index (χ1) is 8.50. The lowest BCUT2D eigenvalue weighted by molar-refractivity contribution is 0.101. The van der Waals surface area contributed by atoms with E-state index in [4.69, 9.17) is 0 Å². The van der Waals surface area contributed by atoms with Crippen LogP contribution in [0.4, 0.5) is 4.39 Å². The molecule has 2 rings (SSSR count). The van der Waals surface area contributed by atoms with Gasteiger partial charge in [0.15, 0.2) is 5.78 Å². The lowest BCUT2D eigenvalue weighted by Crippen LogP contribution is -1.99. The topological polar surface area (TPSA) is 17.1 Å². The number of hydrogen-bond acceptors (Lipinski definition) is 1. The first kappa shape index (κ1) is 12.5. The number of carbonyl (C=O) groups is 1. The van der Waals surface area contributed by atoms with Crippen LogP contribution in [-0.4, -0.2) is 5.78 Å². The van der Waals surface area contributed by atoms with Crippen molar-refractivity contribution in [3.05, 3.63) is 58.9 Å². The van der Waals surface area contributed by atoms with Gasteiger partial charge in [0, 0.05) is 5.56 Å². The Morgan fingerprint density at radius 2 is 1.61 bits per heavy atom. The minimum Gasteiger partial charge on any atom is -0.294 e. The molecule has 0 aromatic heterocycles. The summed E-state index contributed by atoms with van der Waals surface area (Å²) in [5.74, 6) is -0.220. The van der Waals surface area contributed by atoms with E-state index in [2.05, 4.69) is 0 Å². The van der Waals surface area contributed by atoms with Gasteiger partial charge < -0.3 is 0 Å². The second-order valence-electron chi connectivity index (χ2n) is 4.52. The summed E-state index contributed by atoms with van der Waals surface area (Å²) in [6, 6.07) is 10.4. The van der Waals surface area contributed by atoms with E-state index in [1.165, 1.54) is 12.1 Å². The molecule has 0 atom stereocenters. The molecule has 0 aliphatic carbocycles. The highest BCUT2D eigenvalue weighted by Crippen LogP contribution is 2.31. The predicted molar refractivity (Wildman–Crippen MR) is 71.3 cm³/mol. The van der Waals surface area contributed by atoms with Crippen molar-refractivity contribution in [1.29, 1.82) is 0 Å². The fourth-order valence-electron chi connectivity index (χ4n) is 2.34. The highest BCUT2D eigenvalue weighted by atomic mass is 19.1. The van der Waals surface area contributed by atoms with Crippen LogP contribution in [0.1, 0.15) is 28.4 Å². The summed E-state index contributed by atoms with van der Waals surface area (Å²) in [5, 5.41) is 0. The van der Waals surface area contributed by atoms with Gasteiger partial charge in [-0.15, -0.1) is 0 Å². The maximum absolute atomic E-state index is 13.3. The van der Waals surface area contributed by atoms with E-state index in [0.29, 0.717) is 5.56 Å². The van der Waals surface area contributed by atoms with E-state index in [-0.39, 0.29) is 11.6 Å². The molecule has 0 aliphatic heterocycles. The summed E-state index contributed by atoms with van der Waals surface area (Å²) in [4.78, 5) is 11.7. The van der Waals surface area contributed by atoms with Crippen LogP contribution in [0, 0.1) is 19.7 Å². The molecule has 2 aromatic rings. The molecule has 18 heavy (non-hydrogen) atoms. The first-order valence-corrected chi connectivity index (χ1v) is 5.88. The largest absolute Gasteiger partial charge is 0.294 e. The third-order valence-corrected chi connectivity index (χ3v) is 3.07. The van der Waals surface area contributed by atoms with Gasteiger partial charge in [-0.1, -0.05) is 24.3 Å². The van der Waals surface area contributed by atoms with E-state index in [0.717, 1.165) is 22.3 Å². The van der Waals surface area contributed by atoms with Gasteiger partial charge in [0.05, 0.1) is 0 Å². The van der Waals surface area contributed by atoms with Gasteiger partial charge in [-0.05, 0) is 55.2 Å². The number of benzene rings is 2. The molecule has 92 valence electrons. The molecule has 0 unspecified atom stereocenters. The second kappa shape index (κ2) is 4.73. The van der Waals surface area contributed by atoms with Crippen LogP contribution in [0.3, 0.4) is 0 Å². The zero-order valence-corrected chi connectivity index (χ0v) is 10.8. The summed E-state index contributed by atoms with van der Waals surface area (Å²) in [6.07, 6.45) is 0. The van der Waals surface area contributed by atoms with Crippen LogP contribution in [0.5, 0.6) is 0 Å². The van der Waals surface area contributed by atoms with Crippen LogP contribution in [0.25, 0.3) is 11.1 Å². The van der Waals surface area contributed by atoms with Crippen molar-refractivity contribution < 1.29 is 9.18 Å². The highest BCUT2D eigenvalue weighted by molar-refractivity contribution is 6.01. The second-order valence-corrected chi connectivity index (χ2v) is 4.52. The van der Waals surface area contributed by atoms with Crippen LogP contribution >= 0.6 is 0 Å². The third kappa shape index (κ3) is 2.19. The lowest BCUT2D eigenvalue weighted by Gasteiger charge is -2.13. The molecule has 0 spiro atoms. The zero-order valence-electron chi connectivity index (χ0n) is 10.8. The zero-order chi connectivity index (χ0) is 13.3. The molecule has 0 radical (unpaired) electrons. The van der Waals surface area contributed by atoms with Crippen LogP contribution in [0.2, 0.25) is 0 Å². The minimum absolute atomic E-state index is 0.0220. The van der Waals surface area contributed by atoms with E-state index in [1.54, 1.807) is 13.0 Å². The summed E-state index contributed by atoms with van der Waals surface area (Å²) < 4.78 is 13.3. The molecule has 0 bridgehead atoms. The monoisotopic (exact) mass is 242 g/mol. The fourth-order valence-corrected chi connectivity index (χ4v) is 2.34. The fraction of sp³-hybridized carbons (Fsp3) is 0.188. The Bertz CT molecular complexity index is 591. The van der Waals surface area contributed by atoms with Crippen molar-refractivity contribution in [2.75, 3.05) is 0 Å². The minimum atomic E-state index is -0.242. The van der Waals surface area contributed by atoms with Crippen LogP contribution in [0.15, 0.2) is 36.4 Å². The van der Waals surface area contributed by atoms with Gasteiger partial charge in [-0.2, -0.15) is 0 Å². The van der Waals surface area contributed by atoms with Gasteiger partial charge in [0.2, 0.25) is 0 Å². The number of halogens is 1. The maximum atomic E-state index is 13.3. The van der Waals surface area contributed by atoms with Gasteiger partial charge in [-0.3, -0.25) is 4.79 Å². The van der Waals surface area contributed by atoms with Crippen molar-refractivity contribution in [3.63, 3.8) is 0 Å². The Morgan fingerprint density at radius 1 is 1.06 bits per heavy atom. The Balaban J connectivity index is 2.74. The average molecular weight is 242 g/mol. The first-order valence-electron chi connectivity index (χ1n) is 5.88. The molecule has 0 fully saturated rings. The molecule has 0 heterocycles. The van der Waals surface area contributed by atoms with Crippen LogP contribution in [-0.2, 0) is 0 Å². The number of ketones is 1. The van der Waals surface area contributed by atoms with E-state index in [9.17, 15) is 9.18 Å². The van der Waals surface area contributed by atoms with Crippen molar-refractivity contribution in [2.24, 2.45) is 0 Å². The third-order valence-electron chi connectivity index (χ3n) is 3.07. The number of carbonyl (C=O) groups excluding carboxylic acids is 1. The van der Waals surface area contributed by atoms with Gasteiger partial charge >= 0.3 is 0 Å². The molecular formula is C16H15FO. The SMILES string of the molecule is CC(=O)c1ccccc1-c1c(C)cc(F)cc1C. The smallest absolute Gasteiger partial charge is 0.160 e. The van der Waals surface area contributed by atoms with E-state index >= 15 is 0 Å². The van der Waals surface area contributed by atoms with Crippen molar-refractivity contribution in [3.8, 4) is 11.1 Å². The molecular weight excluding hydrogens is 227 g/mol. The molecule has 2 aromatic carbocycles. The number of Topliss-reactive ketones (excluding diaryl/α,β-unsaturated/α-hetero) is 1. The standard InChI is InChI=1S/C16H15FO/c1-10-8-13(17)9-11(2)16(10)15-7-5-4-6-14(15)12(3)18/h4-9H,1-3H3. The van der Waals surface area contributed by atoms with Crippen molar-refractivity contribution >= 4 is 5.78 Å². The normalized spacial score (nSPS) is 10.4. The van der Waals surface area contributed by atoms with Gasteiger partial charge in [-0.25, -0.2) is 4.39 Å². The van der Waals surface area contributed by atoms with Crippen molar-refractivity contribution in [1.82, 2.24) is 0 Å².